The third kappa shape index (κ3) is 4.25. The second-order valence-electron chi connectivity index (χ2n) is 5.88. The van der Waals surface area contributed by atoms with Gasteiger partial charge in [0.05, 0.1) is 19.3 Å². The predicted molar refractivity (Wildman–Crippen MR) is 95.5 cm³/mol. The Hall–Kier alpha value is -2.49. The smallest absolute Gasteiger partial charge is 0.243 e. The molecule has 4 heteroatoms. The Kier molecular flexibility index (Phi) is 5.27. The van der Waals surface area contributed by atoms with E-state index in [0.717, 1.165) is 22.4 Å². The van der Waals surface area contributed by atoms with Gasteiger partial charge in [0.2, 0.25) is 5.91 Å². The zero-order valence-corrected chi connectivity index (χ0v) is 14.4. The highest BCUT2D eigenvalue weighted by Gasteiger charge is 2.09. The van der Waals surface area contributed by atoms with Crippen molar-refractivity contribution in [2.24, 2.45) is 0 Å². The highest BCUT2D eigenvalue weighted by molar-refractivity contribution is 5.95. The van der Waals surface area contributed by atoms with Gasteiger partial charge in [-0.1, -0.05) is 23.8 Å². The van der Waals surface area contributed by atoms with Gasteiger partial charge in [-0.3, -0.25) is 4.79 Å². The Morgan fingerprint density at radius 1 is 1.00 bits per heavy atom. The summed E-state index contributed by atoms with van der Waals surface area (Å²) in [5.41, 5.74) is 6.28. The van der Waals surface area contributed by atoms with Crippen LogP contribution in [0.4, 0.5) is 11.4 Å². The van der Waals surface area contributed by atoms with Gasteiger partial charge in [0.1, 0.15) is 5.75 Å². The molecule has 2 aromatic carbocycles. The molecule has 4 nitrogen and oxygen atoms in total. The molecule has 2 N–H and O–H groups in total. The van der Waals surface area contributed by atoms with Crippen molar-refractivity contribution in [2.45, 2.75) is 27.7 Å². The van der Waals surface area contributed by atoms with E-state index in [2.05, 4.69) is 29.7 Å². The first kappa shape index (κ1) is 16.9. The number of amides is 1. The largest absolute Gasteiger partial charge is 0.495 e. The molecule has 0 spiro atoms. The summed E-state index contributed by atoms with van der Waals surface area (Å²) < 4.78 is 5.28. The van der Waals surface area contributed by atoms with Gasteiger partial charge in [-0.15, -0.1) is 0 Å². The molecule has 0 heterocycles. The fourth-order valence-corrected chi connectivity index (χ4v) is 2.74. The monoisotopic (exact) mass is 312 g/mol. The molecular formula is C19H24N2O2. The van der Waals surface area contributed by atoms with Gasteiger partial charge in [-0.05, 0) is 56.5 Å². The minimum absolute atomic E-state index is 0.103. The third-order valence-corrected chi connectivity index (χ3v) is 3.73. The highest BCUT2D eigenvalue weighted by Crippen LogP contribution is 2.25. The van der Waals surface area contributed by atoms with E-state index in [9.17, 15) is 4.79 Å². The van der Waals surface area contributed by atoms with Crippen LogP contribution in [0.1, 0.15) is 22.3 Å². The first-order valence-electron chi connectivity index (χ1n) is 7.67. The summed E-state index contributed by atoms with van der Waals surface area (Å²) in [6.45, 7) is 8.35. The lowest BCUT2D eigenvalue weighted by atomic mass is 10.1. The van der Waals surface area contributed by atoms with Gasteiger partial charge in [0, 0.05) is 5.69 Å². The molecule has 0 fully saturated rings. The number of benzene rings is 2. The maximum Gasteiger partial charge on any atom is 0.243 e. The van der Waals surface area contributed by atoms with Gasteiger partial charge in [0.15, 0.2) is 0 Å². The summed E-state index contributed by atoms with van der Waals surface area (Å²) in [6, 6.07) is 9.92. The molecule has 23 heavy (non-hydrogen) atoms. The number of rotatable bonds is 5. The Labute approximate surface area is 137 Å². The van der Waals surface area contributed by atoms with Gasteiger partial charge in [-0.2, -0.15) is 0 Å². The Morgan fingerprint density at radius 2 is 1.65 bits per heavy atom. The number of methoxy groups -OCH3 is 1. The van der Waals surface area contributed by atoms with Crippen LogP contribution in [0.25, 0.3) is 0 Å². The van der Waals surface area contributed by atoms with Crippen molar-refractivity contribution < 1.29 is 9.53 Å². The van der Waals surface area contributed by atoms with Crippen LogP contribution >= 0.6 is 0 Å². The number of anilines is 2. The van der Waals surface area contributed by atoms with Crippen molar-refractivity contribution in [3.63, 3.8) is 0 Å². The molecular weight excluding hydrogens is 288 g/mol. The molecule has 0 aliphatic carbocycles. The lowest BCUT2D eigenvalue weighted by molar-refractivity contribution is -0.114. The van der Waals surface area contributed by atoms with Gasteiger partial charge >= 0.3 is 0 Å². The number of carbonyl (C=O) groups excluding carboxylic acids is 1. The predicted octanol–water partition coefficient (Wildman–Crippen LogP) is 3.98. The third-order valence-electron chi connectivity index (χ3n) is 3.73. The average Bonchev–Trinajstić information content (AvgIpc) is 2.46. The maximum atomic E-state index is 12.2. The Balaban J connectivity index is 2.05. The second-order valence-corrected chi connectivity index (χ2v) is 5.88. The van der Waals surface area contributed by atoms with Gasteiger partial charge < -0.3 is 15.4 Å². The molecule has 0 aliphatic heterocycles. The summed E-state index contributed by atoms with van der Waals surface area (Å²) in [7, 11) is 1.59. The lowest BCUT2D eigenvalue weighted by Gasteiger charge is -2.15. The number of hydrogen-bond acceptors (Lipinski definition) is 3. The summed E-state index contributed by atoms with van der Waals surface area (Å²) in [5, 5.41) is 6.12. The van der Waals surface area contributed by atoms with E-state index in [4.69, 9.17) is 4.74 Å². The number of carbonyl (C=O) groups is 1. The standard InChI is InChI=1S/C19H24N2O2/c1-12-6-7-17(23-5)16(10-12)21-18(22)11-20-19-14(3)8-13(2)9-15(19)4/h6-10,20H,11H2,1-5H3,(H,21,22). The normalized spacial score (nSPS) is 10.3. The van der Waals surface area contributed by atoms with Crippen molar-refractivity contribution >= 4 is 17.3 Å². The molecule has 0 bridgehead atoms. The summed E-state index contributed by atoms with van der Waals surface area (Å²) >= 11 is 0. The van der Waals surface area contributed by atoms with Crippen molar-refractivity contribution in [1.29, 1.82) is 0 Å². The van der Waals surface area contributed by atoms with E-state index in [1.54, 1.807) is 7.11 Å². The SMILES string of the molecule is COc1ccc(C)cc1NC(=O)CNc1c(C)cc(C)cc1C. The van der Waals surface area contributed by atoms with Crippen LogP contribution in [-0.4, -0.2) is 19.6 Å². The zero-order chi connectivity index (χ0) is 17.0. The van der Waals surface area contributed by atoms with Crippen molar-refractivity contribution in [3.05, 3.63) is 52.6 Å². The van der Waals surface area contributed by atoms with Crippen molar-refractivity contribution in [2.75, 3.05) is 24.3 Å². The number of ether oxygens (including phenoxy) is 1. The molecule has 1 amide bonds. The minimum atomic E-state index is -0.103. The summed E-state index contributed by atoms with van der Waals surface area (Å²) in [6.07, 6.45) is 0. The molecule has 2 aromatic rings. The molecule has 0 atom stereocenters. The van der Waals surface area contributed by atoms with E-state index >= 15 is 0 Å². The van der Waals surface area contributed by atoms with Crippen LogP contribution in [0.5, 0.6) is 5.75 Å². The summed E-state index contributed by atoms with van der Waals surface area (Å²) in [5.74, 6) is 0.555. The van der Waals surface area contributed by atoms with E-state index in [1.165, 1.54) is 5.56 Å². The van der Waals surface area contributed by atoms with Crippen LogP contribution in [0.15, 0.2) is 30.3 Å². The fraction of sp³-hybridized carbons (Fsp3) is 0.316. The average molecular weight is 312 g/mol. The van der Waals surface area contributed by atoms with E-state index < -0.39 is 0 Å². The molecule has 2 rings (SSSR count). The first-order chi connectivity index (χ1) is 10.9. The fourth-order valence-electron chi connectivity index (χ4n) is 2.74. The molecule has 0 aliphatic rings. The van der Waals surface area contributed by atoms with Crippen LogP contribution in [-0.2, 0) is 4.79 Å². The lowest BCUT2D eigenvalue weighted by Crippen LogP contribution is -2.22. The Morgan fingerprint density at radius 3 is 2.26 bits per heavy atom. The van der Waals surface area contributed by atoms with E-state index in [-0.39, 0.29) is 12.5 Å². The molecule has 0 unspecified atom stereocenters. The van der Waals surface area contributed by atoms with Crippen LogP contribution in [0.2, 0.25) is 0 Å². The van der Waals surface area contributed by atoms with Crippen LogP contribution in [0.3, 0.4) is 0 Å². The topological polar surface area (TPSA) is 50.4 Å². The molecule has 122 valence electrons. The van der Waals surface area contributed by atoms with Gasteiger partial charge in [-0.25, -0.2) is 0 Å². The van der Waals surface area contributed by atoms with E-state index in [1.807, 2.05) is 39.0 Å². The van der Waals surface area contributed by atoms with Gasteiger partial charge in [0.25, 0.3) is 0 Å². The minimum Gasteiger partial charge on any atom is -0.495 e. The number of nitrogens with one attached hydrogen (secondary N) is 2. The zero-order valence-electron chi connectivity index (χ0n) is 14.4. The number of aryl methyl sites for hydroxylation is 4. The summed E-state index contributed by atoms with van der Waals surface area (Å²) in [4.78, 5) is 12.2. The van der Waals surface area contributed by atoms with Crippen LogP contribution < -0.4 is 15.4 Å². The highest BCUT2D eigenvalue weighted by atomic mass is 16.5. The second kappa shape index (κ2) is 7.18. The quantitative estimate of drug-likeness (QED) is 0.878. The van der Waals surface area contributed by atoms with Crippen molar-refractivity contribution in [3.8, 4) is 5.75 Å². The molecule has 0 saturated heterocycles. The first-order valence-corrected chi connectivity index (χ1v) is 7.67. The van der Waals surface area contributed by atoms with E-state index in [0.29, 0.717) is 11.4 Å². The van der Waals surface area contributed by atoms with Crippen LogP contribution in [0, 0.1) is 27.7 Å². The molecule has 0 aromatic heterocycles. The number of hydrogen-bond donors (Lipinski definition) is 2. The Bertz CT molecular complexity index is 700. The molecule has 0 saturated carbocycles. The molecule has 0 radical (unpaired) electrons. The maximum absolute atomic E-state index is 12.2. The van der Waals surface area contributed by atoms with Crippen molar-refractivity contribution in [1.82, 2.24) is 0 Å².